The number of aliphatic imine (C=N–C) groups is 1. The van der Waals surface area contributed by atoms with Gasteiger partial charge < -0.3 is 5.32 Å². The SMILES string of the molecule is CC.CCCCC(CC)CC(=O)Nc1cccc(C(C2=CCC(C)C=N2)c2cccc(C)c2C)c1. The molecule has 0 fully saturated rings. The van der Waals surface area contributed by atoms with Gasteiger partial charge in [-0.1, -0.05) is 90.3 Å². The molecule has 1 aliphatic rings. The van der Waals surface area contributed by atoms with Gasteiger partial charge in [-0.2, -0.15) is 0 Å². The molecule has 0 spiro atoms. The third-order valence-corrected chi connectivity index (χ3v) is 6.95. The molecule has 0 radical (unpaired) electrons. The van der Waals surface area contributed by atoms with Crippen LogP contribution in [-0.2, 0) is 4.79 Å². The number of unbranched alkanes of at least 4 members (excludes halogenated alkanes) is 1. The van der Waals surface area contributed by atoms with E-state index in [1.165, 1.54) is 29.5 Å². The van der Waals surface area contributed by atoms with E-state index in [-0.39, 0.29) is 11.8 Å². The topological polar surface area (TPSA) is 41.5 Å². The molecular formula is C32H46N2O. The van der Waals surface area contributed by atoms with Crippen molar-refractivity contribution in [3.8, 4) is 0 Å². The number of allylic oxidation sites excluding steroid dienone is 2. The Bertz CT molecular complexity index is 1000. The normalized spacial score (nSPS) is 16.5. The van der Waals surface area contributed by atoms with E-state index >= 15 is 0 Å². The number of nitrogens with one attached hydrogen (secondary N) is 1. The van der Waals surface area contributed by atoms with E-state index in [1.807, 2.05) is 26.0 Å². The maximum atomic E-state index is 12.8. The summed E-state index contributed by atoms with van der Waals surface area (Å²) in [7, 11) is 0. The second kappa shape index (κ2) is 14.7. The molecule has 1 heterocycles. The van der Waals surface area contributed by atoms with Gasteiger partial charge in [0.25, 0.3) is 0 Å². The molecule has 3 unspecified atom stereocenters. The van der Waals surface area contributed by atoms with E-state index in [9.17, 15) is 4.79 Å². The molecule has 35 heavy (non-hydrogen) atoms. The zero-order valence-electron chi connectivity index (χ0n) is 23.0. The summed E-state index contributed by atoms with van der Waals surface area (Å²) in [6.45, 7) is 14.9. The molecule has 1 amide bonds. The molecule has 190 valence electrons. The summed E-state index contributed by atoms with van der Waals surface area (Å²) >= 11 is 0. The van der Waals surface area contributed by atoms with Crippen LogP contribution >= 0.6 is 0 Å². The fourth-order valence-corrected chi connectivity index (χ4v) is 4.64. The highest BCUT2D eigenvalue weighted by Gasteiger charge is 2.23. The molecule has 0 aromatic heterocycles. The summed E-state index contributed by atoms with van der Waals surface area (Å²) in [4.78, 5) is 17.6. The first-order chi connectivity index (χ1) is 16.9. The van der Waals surface area contributed by atoms with Crippen LogP contribution in [-0.4, -0.2) is 12.1 Å². The van der Waals surface area contributed by atoms with Crippen LogP contribution in [0.15, 0.2) is 59.2 Å². The van der Waals surface area contributed by atoms with E-state index < -0.39 is 0 Å². The van der Waals surface area contributed by atoms with Crippen LogP contribution in [0, 0.1) is 25.7 Å². The highest BCUT2D eigenvalue weighted by Crippen LogP contribution is 2.38. The van der Waals surface area contributed by atoms with Crippen molar-refractivity contribution >= 4 is 17.8 Å². The largest absolute Gasteiger partial charge is 0.326 e. The predicted molar refractivity (Wildman–Crippen MR) is 152 cm³/mol. The maximum Gasteiger partial charge on any atom is 0.224 e. The molecule has 0 saturated carbocycles. The average Bonchev–Trinajstić information content (AvgIpc) is 2.87. The van der Waals surface area contributed by atoms with E-state index in [0.29, 0.717) is 18.3 Å². The third-order valence-electron chi connectivity index (χ3n) is 6.95. The summed E-state index contributed by atoms with van der Waals surface area (Å²) in [6.07, 6.45) is 10.5. The van der Waals surface area contributed by atoms with Crippen molar-refractivity contribution in [3.63, 3.8) is 0 Å². The van der Waals surface area contributed by atoms with Crippen LogP contribution in [0.1, 0.15) is 101 Å². The van der Waals surface area contributed by atoms with E-state index in [2.05, 4.69) is 82.6 Å². The Morgan fingerprint density at radius 2 is 1.86 bits per heavy atom. The molecule has 3 rings (SSSR count). The van der Waals surface area contributed by atoms with Crippen molar-refractivity contribution in [2.45, 2.75) is 92.9 Å². The number of benzene rings is 2. The summed E-state index contributed by atoms with van der Waals surface area (Å²) in [6, 6.07) is 14.8. The Labute approximate surface area is 214 Å². The number of aryl methyl sites for hydroxylation is 1. The maximum absolute atomic E-state index is 12.8. The van der Waals surface area contributed by atoms with Gasteiger partial charge in [0, 0.05) is 24.0 Å². The Morgan fingerprint density at radius 3 is 2.51 bits per heavy atom. The van der Waals surface area contributed by atoms with Crippen molar-refractivity contribution in [3.05, 3.63) is 76.5 Å². The average molecular weight is 475 g/mol. The lowest BCUT2D eigenvalue weighted by Gasteiger charge is -2.25. The van der Waals surface area contributed by atoms with Crippen LogP contribution in [0.25, 0.3) is 0 Å². The molecule has 3 heteroatoms. The summed E-state index contributed by atoms with van der Waals surface area (Å²) in [5, 5.41) is 3.17. The number of hydrogen-bond donors (Lipinski definition) is 1. The number of hydrogen-bond acceptors (Lipinski definition) is 2. The lowest BCUT2D eigenvalue weighted by Crippen LogP contribution is -2.17. The van der Waals surface area contributed by atoms with E-state index in [0.717, 1.165) is 36.2 Å². The first-order valence-corrected chi connectivity index (χ1v) is 13.6. The quantitative estimate of drug-likeness (QED) is 0.367. The fraction of sp³-hybridized carbons (Fsp3) is 0.500. The molecule has 0 saturated heterocycles. The number of carbonyl (C=O) groups is 1. The van der Waals surface area contributed by atoms with Gasteiger partial charge in [-0.25, -0.2) is 0 Å². The second-order valence-electron chi connectivity index (χ2n) is 9.64. The van der Waals surface area contributed by atoms with Crippen molar-refractivity contribution < 1.29 is 4.79 Å². The Kier molecular flexibility index (Phi) is 12.0. The predicted octanol–water partition coefficient (Wildman–Crippen LogP) is 9.00. The van der Waals surface area contributed by atoms with Gasteiger partial charge in [-0.05, 0) is 72.9 Å². The lowest BCUT2D eigenvalue weighted by molar-refractivity contribution is -0.117. The Morgan fingerprint density at radius 1 is 1.11 bits per heavy atom. The second-order valence-corrected chi connectivity index (χ2v) is 9.64. The summed E-state index contributed by atoms with van der Waals surface area (Å²) in [5.41, 5.74) is 6.99. The van der Waals surface area contributed by atoms with Crippen LogP contribution in [0.4, 0.5) is 5.69 Å². The first-order valence-electron chi connectivity index (χ1n) is 13.6. The zero-order chi connectivity index (χ0) is 25.8. The van der Waals surface area contributed by atoms with Gasteiger partial charge in [0.2, 0.25) is 5.91 Å². The number of amides is 1. The van der Waals surface area contributed by atoms with Crippen molar-refractivity contribution in [2.75, 3.05) is 5.32 Å². The van der Waals surface area contributed by atoms with Crippen LogP contribution < -0.4 is 5.32 Å². The lowest BCUT2D eigenvalue weighted by atomic mass is 9.83. The Balaban J connectivity index is 0.00000210. The van der Waals surface area contributed by atoms with Crippen LogP contribution in [0.5, 0.6) is 0 Å². The number of carbonyl (C=O) groups excluding carboxylic acids is 1. The van der Waals surface area contributed by atoms with Crippen molar-refractivity contribution in [1.29, 1.82) is 0 Å². The minimum absolute atomic E-state index is 0.0541. The summed E-state index contributed by atoms with van der Waals surface area (Å²) in [5.74, 6) is 1.10. The minimum Gasteiger partial charge on any atom is -0.326 e. The molecule has 1 aliphatic heterocycles. The van der Waals surface area contributed by atoms with E-state index in [4.69, 9.17) is 4.99 Å². The monoisotopic (exact) mass is 474 g/mol. The van der Waals surface area contributed by atoms with Gasteiger partial charge in [0.05, 0.1) is 5.92 Å². The molecule has 1 N–H and O–H groups in total. The number of anilines is 1. The number of rotatable bonds is 10. The van der Waals surface area contributed by atoms with E-state index in [1.54, 1.807) is 0 Å². The third kappa shape index (κ3) is 8.19. The smallest absolute Gasteiger partial charge is 0.224 e. The summed E-state index contributed by atoms with van der Waals surface area (Å²) < 4.78 is 0. The minimum atomic E-state index is 0.0541. The van der Waals surface area contributed by atoms with Gasteiger partial charge in [0.1, 0.15) is 0 Å². The highest BCUT2D eigenvalue weighted by atomic mass is 16.1. The molecule has 3 atom stereocenters. The van der Waals surface area contributed by atoms with Gasteiger partial charge in [0.15, 0.2) is 0 Å². The molecule has 3 nitrogen and oxygen atoms in total. The van der Waals surface area contributed by atoms with Crippen LogP contribution in [0.2, 0.25) is 0 Å². The molecule has 2 aromatic carbocycles. The Hall–Kier alpha value is -2.68. The van der Waals surface area contributed by atoms with Crippen molar-refractivity contribution in [2.24, 2.45) is 16.8 Å². The first kappa shape index (κ1) is 28.6. The zero-order valence-corrected chi connectivity index (χ0v) is 23.0. The highest BCUT2D eigenvalue weighted by molar-refractivity contribution is 5.91. The number of nitrogens with zero attached hydrogens (tertiary/aromatic N) is 1. The fourth-order valence-electron chi connectivity index (χ4n) is 4.64. The van der Waals surface area contributed by atoms with Gasteiger partial charge in [-0.15, -0.1) is 0 Å². The van der Waals surface area contributed by atoms with Gasteiger partial charge in [-0.3, -0.25) is 9.79 Å². The molecule has 2 aromatic rings. The molecule has 0 aliphatic carbocycles. The molecule has 0 bridgehead atoms. The molecular weight excluding hydrogens is 428 g/mol. The van der Waals surface area contributed by atoms with Gasteiger partial charge >= 0.3 is 0 Å². The van der Waals surface area contributed by atoms with Crippen LogP contribution in [0.3, 0.4) is 0 Å². The van der Waals surface area contributed by atoms with Crippen molar-refractivity contribution in [1.82, 2.24) is 0 Å². The standard InChI is InChI=1S/C30H40N2O.C2H6/c1-6-8-12-24(7-2)18-29(33)32-26-14-10-13-25(19-26)30(28-17-16-21(3)20-31-28)27-15-9-11-22(4)23(27)5;1-2/h9-11,13-15,17,19-21,24,30H,6-8,12,16,18H2,1-5H3,(H,32,33);1-2H3.